The summed E-state index contributed by atoms with van der Waals surface area (Å²) < 4.78 is 0.630. The van der Waals surface area contributed by atoms with Crippen molar-refractivity contribution in [2.75, 3.05) is 11.5 Å². The Hall–Kier alpha value is -0.860. The normalized spacial score (nSPS) is 16.0. The molecule has 0 aliphatic carbocycles. The van der Waals surface area contributed by atoms with Crippen LogP contribution in [0.25, 0.3) is 0 Å². The van der Waals surface area contributed by atoms with Gasteiger partial charge in [0.2, 0.25) is 0 Å². The Labute approximate surface area is 136 Å². The van der Waals surface area contributed by atoms with Gasteiger partial charge in [-0.1, -0.05) is 55.5 Å². The Morgan fingerprint density at radius 3 is 2.29 bits per heavy atom. The van der Waals surface area contributed by atoms with Gasteiger partial charge in [-0.15, -0.1) is 23.5 Å². The van der Waals surface area contributed by atoms with E-state index >= 15 is 0 Å². The van der Waals surface area contributed by atoms with Crippen molar-refractivity contribution < 1.29 is 0 Å². The van der Waals surface area contributed by atoms with E-state index in [4.69, 9.17) is 0 Å². The first-order valence-electron chi connectivity index (χ1n) is 7.75. The second-order valence-electron chi connectivity index (χ2n) is 5.47. The van der Waals surface area contributed by atoms with Crippen LogP contribution >= 0.6 is 23.5 Å². The summed E-state index contributed by atoms with van der Waals surface area (Å²) in [5, 5.41) is 0. The van der Waals surface area contributed by atoms with Crippen LogP contribution in [0.1, 0.15) is 40.2 Å². The summed E-state index contributed by atoms with van der Waals surface area (Å²) in [4.78, 5) is 0. The highest BCUT2D eigenvalue weighted by Gasteiger charge is 2.19. The number of aryl methyl sites for hydroxylation is 1. The third kappa shape index (κ3) is 3.87. The van der Waals surface area contributed by atoms with Crippen LogP contribution in [-0.2, 0) is 12.8 Å². The Bertz CT molecular complexity index is 568. The molecule has 1 saturated heterocycles. The average Bonchev–Trinajstić information content (AvgIpc) is 2.57. The minimum absolute atomic E-state index is 0.630. The lowest BCUT2D eigenvalue weighted by atomic mass is 9.99. The molecule has 0 bridgehead atoms. The largest absolute Gasteiger partial charge is 0.143 e. The molecule has 0 nitrogen and oxygen atoms in total. The van der Waals surface area contributed by atoms with Crippen molar-refractivity contribution in [2.24, 2.45) is 0 Å². The lowest BCUT2D eigenvalue weighted by Crippen LogP contribution is -2.04. The molecular weight excluding hydrogens is 292 g/mol. The predicted molar refractivity (Wildman–Crippen MR) is 97.3 cm³/mol. The van der Waals surface area contributed by atoms with Gasteiger partial charge in [0.25, 0.3) is 0 Å². The van der Waals surface area contributed by atoms with Crippen LogP contribution in [0, 0.1) is 0 Å². The topological polar surface area (TPSA) is 0 Å². The van der Waals surface area contributed by atoms with Gasteiger partial charge in [-0.25, -0.2) is 0 Å². The quantitative estimate of drug-likeness (QED) is 0.709. The summed E-state index contributed by atoms with van der Waals surface area (Å²) >= 11 is 4.22. The van der Waals surface area contributed by atoms with Crippen molar-refractivity contribution >= 4 is 23.5 Å². The number of hydrogen-bond donors (Lipinski definition) is 0. The average molecular weight is 315 g/mol. The fourth-order valence-corrected chi connectivity index (χ4v) is 5.72. The van der Waals surface area contributed by atoms with E-state index in [-0.39, 0.29) is 0 Å². The molecule has 0 atom stereocenters. The van der Waals surface area contributed by atoms with Crippen LogP contribution < -0.4 is 0 Å². The fraction of sp³-hybridized carbons (Fsp3) is 0.368. The summed E-state index contributed by atoms with van der Waals surface area (Å²) in [6.45, 7) is 2.21. The first-order valence-corrected chi connectivity index (χ1v) is 9.85. The van der Waals surface area contributed by atoms with Gasteiger partial charge in [-0.3, -0.25) is 0 Å². The monoisotopic (exact) mass is 314 g/mol. The van der Waals surface area contributed by atoms with E-state index in [1.165, 1.54) is 40.2 Å². The molecule has 0 spiro atoms. The summed E-state index contributed by atoms with van der Waals surface area (Å²) in [6.07, 6.45) is 3.52. The maximum Gasteiger partial charge on any atom is 0.0754 e. The first kappa shape index (κ1) is 15.1. The molecule has 1 aliphatic rings. The smallest absolute Gasteiger partial charge is 0.0754 e. The third-order valence-corrected chi connectivity index (χ3v) is 6.94. The van der Waals surface area contributed by atoms with Gasteiger partial charge in [0, 0.05) is 0 Å². The summed E-state index contributed by atoms with van der Waals surface area (Å²) in [5.74, 6) is 2.61. The molecule has 0 N–H and O–H groups in total. The second kappa shape index (κ2) is 7.42. The highest BCUT2D eigenvalue weighted by Crippen LogP contribution is 2.45. The molecule has 0 unspecified atom stereocenters. The molecular formula is C19H22S2. The lowest BCUT2D eigenvalue weighted by molar-refractivity contribution is 1.08. The van der Waals surface area contributed by atoms with Gasteiger partial charge >= 0.3 is 0 Å². The standard InChI is InChI=1S/C19H22S2/c1-2-15-8-10-16(11-9-15)14-17-6-3-4-7-18(17)19-20-12-5-13-21-19/h3-4,6-11,19H,2,5,12-14H2,1H3. The maximum atomic E-state index is 2.33. The van der Waals surface area contributed by atoms with Crippen molar-refractivity contribution in [1.29, 1.82) is 0 Å². The number of rotatable bonds is 4. The van der Waals surface area contributed by atoms with Crippen molar-refractivity contribution in [2.45, 2.75) is 30.8 Å². The van der Waals surface area contributed by atoms with E-state index in [2.05, 4.69) is 79.0 Å². The molecule has 1 aliphatic heterocycles. The van der Waals surface area contributed by atoms with Crippen LogP contribution in [0.15, 0.2) is 48.5 Å². The molecule has 2 aromatic rings. The number of benzene rings is 2. The Morgan fingerprint density at radius 2 is 1.57 bits per heavy atom. The molecule has 0 amide bonds. The molecule has 110 valence electrons. The third-order valence-electron chi connectivity index (χ3n) is 3.96. The minimum Gasteiger partial charge on any atom is -0.143 e. The summed E-state index contributed by atoms with van der Waals surface area (Å²) in [7, 11) is 0. The molecule has 0 radical (unpaired) electrons. The van der Waals surface area contributed by atoms with E-state index in [0.29, 0.717) is 4.58 Å². The SMILES string of the molecule is CCc1ccc(Cc2ccccc2C2SCCCS2)cc1. The number of hydrogen-bond acceptors (Lipinski definition) is 2. The van der Waals surface area contributed by atoms with Gasteiger partial charge in [-0.05, 0) is 53.0 Å². The van der Waals surface area contributed by atoms with E-state index in [1.807, 2.05) is 0 Å². The molecule has 2 heteroatoms. The van der Waals surface area contributed by atoms with E-state index in [9.17, 15) is 0 Å². The molecule has 1 heterocycles. The molecule has 1 fully saturated rings. The second-order valence-corrected chi connectivity index (χ2v) is 8.20. The highest BCUT2D eigenvalue weighted by atomic mass is 32.2. The van der Waals surface area contributed by atoms with Crippen LogP contribution in [0.5, 0.6) is 0 Å². The van der Waals surface area contributed by atoms with Gasteiger partial charge in [0.1, 0.15) is 0 Å². The molecule has 0 aromatic heterocycles. The predicted octanol–water partition coefficient (Wildman–Crippen LogP) is 5.71. The highest BCUT2D eigenvalue weighted by molar-refractivity contribution is 8.16. The molecule has 3 rings (SSSR count). The van der Waals surface area contributed by atoms with E-state index < -0.39 is 0 Å². The lowest BCUT2D eigenvalue weighted by Gasteiger charge is -2.23. The minimum atomic E-state index is 0.630. The molecule has 21 heavy (non-hydrogen) atoms. The van der Waals surface area contributed by atoms with Gasteiger partial charge in [0.15, 0.2) is 0 Å². The van der Waals surface area contributed by atoms with Crippen LogP contribution in [0.2, 0.25) is 0 Å². The van der Waals surface area contributed by atoms with Crippen molar-refractivity contribution in [1.82, 2.24) is 0 Å². The van der Waals surface area contributed by atoms with Crippen molar-refractivity contribution in [3.05, 3.63) is 70.8 Å². The van der Waals surface area contributed by atoms with Crippen LogP contribution in [0.4, 0.5) is 0 Å². The van der Waals surface area contributed by atoms with E-state index in [1.54, 1.807) is 0 Å². The Kier molecular flexibility index (Phi) is 5.32. The molecule has 0 saturated carbocycles. The van der Waals surface area contributed by atoms with Gasteiger partial charge < -0.3 is 0 Å². The van der Waals surface area contributed by atoms with Gasteiger partial charge in [-0.2, -0.15) is 0 Å². The summed E-state index contributed by atoms with van der Waals surface area (Å²) in [6, 6.07) is 18.1. The summed E-state index contributed by atoms with van der Waals surface area (Å²) in [5.41, 5.74) is 5.87. The van der Waals surface area contributed by atoms with Crippen molar-refractivity contribution in [3.8, 4) is 0 Å². The number of thioether (sulfide) groups is 2. The zero-order chi connectivity index (χ0) is 14.5. The zero-order valence-corrected chi connectivity index (χ0v) is 14.2. The van der Waals surface area contributed by atoms with Crippen LogP contribution in [0.3, 0.4) is 0 Å². The fourth-order valence-electron chi connectivity index (χ4n) is 2.71. The Balaban J connectivity index is 1.80. The first-order chi connectivity index (χ1) is 10.4. The van der Waals surface area contributed by atoms with Gasteiger partial charge in [0.05, 0.1) is 4.58 Å². The van der Waals surface area contributed by atoms with Crippen LogP contribution in [-0.4, -0.2) is 11.5 Å². The van der Waals surface area contributed by atoms with Crippen molar-refractivity contribution in [3.63, 3.8) is 0 Å². The Morgan fingerprint density at radius 1 is 0.905 bits per heavy atom. The molecule has 2 aromatic carbocycles. The van der Waals surface area contributed by atoms with E-state index in [0.717, 1.165) is 12.8 Å². The maximum absolute atomic E-state index is 2.33. The zero-order valence-electron chi connectivity index (χ0n) is 12.5.